The van der Waals surface area contributed by atoms with Crippen LogP contribution in [0, 0.1) is 17.2 Å². The average molecular weight is 236 g/mol. The summed E-state index contributed by atoms with van der Waals surface area (Å²) in [5, 5.41) is 8.69. The molecule has 16 heavy (non-hydrogen) atoms. The van der Waals surface area contributed by atoms with Crippen molar-refractivity contribution in [3.63, 3.8) is 0 Å². The monoisotopic (exact) mass is 236 g/mol. The molecule has 0 radical (unpaired) electrons. The van der Waals surface area contributed by atoms with Gasteiger partial charge in [-0.1, -0.05) is 6.07 Å². The van der Waals surface area contributed by atoms with E-state index in [2.05, 4.69) is 4.72 Å². The molecule has 0 unspecified atom stereocenters. The lowest BCUT2D eigenvalue weighted by molar-refractivity contribution is 0.597. The molecule has 1 aromatic rings. The van der Waals surface area contributed by atoms with E-state index in [9.17, 15) is 8.42 Å². The molecule has 0 bridgehead atoms. The Labute approximate surface area is 95.0 Å². The van der Waals surface area contributed by atoms with Crippen molar-refractivity contribution in [3.8, 4) is 6.07 Å². The minimum absolute atomic E-state index is 0.184. The van der Waals surface area contributed by atoms with Crippen LogP contribution in [0.25, 0.3) is 0 Å². The maximum atomic E-state index is 11.7. The van der Waals surface area contributed by atoms with Crippen molar-refractivity contribution in [3.05, 3.63) is 29.8 Å². The van der Waals surface area contributed by atoms with Crippen LogP contribution in [0.2, 0.25) is 0 Å². The Balaban J connectivity index is 2.10. The van der Waals surface area contributed by atoms with Gasteiger partial charge >= 0.3 is 0 Å². The van der Waals surface area contributed by atoms with Gasteiger partial charge in [0.05, 0.1) is 17.4 Å². The Bertz CT molecular complexity index is 527. The van der Waals surface area contributed by atoms with E-state index in [0.29, 0.717) is 17.2 Å². The standard InChI is InChI=1S/C11H12N2O2S/c12-7-10-2-1-3-11(6-10)13-16(14,15)8-9-4-5-9/h1-3,6,9,13H,4-5,8H2. The van der Waals surface area contributed by atoms with E-state index in [1.807, 2.05) is 6.07 Å². The van der Waals surface area contributed by atoms with Crippen LogP contribution < -0.4 is 4.72 Å². The van der Waals surface area contributed by atoms with Crippen molar-refractivity contribution >= 4 is 15.7 Å². The van der Waals surface area contributed by atoms with Gasteiger partial charge in [-0.2, -0.15) is 5.26 Å². The van der Waals surface area contributed by atoms with E-state index >= 15 is 0 Å². The van der Waals surface area contributed by atoms with Gasteiger partial charge in [0.2, 0.25) is 10.0 Å². The number of rotatable bonds is 4. The van der Waals surface area contributed by atoms with Crippen LogP contribution in [0.4, 0.5) is 5.69 Å². The first-order valence-corrected chi connectivity index (χ1v) is 6.75. The zero-order valence-electron chi connectivity index (χ0n) is 8.68. The second-order valence-corrected chi connectivity index (χ2v) is 5.79. The molecule has 84 valence electrons. The van der Waals surface area contributed by atoms with Crippen molar-refractivity contribution in [2.75, 3.05) is 10.5 Å². The lowest BCUT2D eigenvalue weighted by atomic mass is 10.2. The van der Waals surface area contributed by atoms with Gasteiger partial charge in [0.25, 0.3) is 0 Å². The number of anilines is 1. The Kier molecular flexibility index (Phi) is 2.84. The molecule has 1 aliphatic rings. The van der Waals surface area contributed by atoms with E-state index in [0.717, 1.165) is 12.8 Å². The molecule has 0 spiro atoms. The molecule has 0 heterocycles. The van der Waals surface area contributed by atoms with Crippen molar-refractivity contribution < 1.29 is 8.42 Å². The highest BCUT2D eigenvalue weighted by atomic mass is 32.2. The number of hydrogen-bond acceptors (Lipinski definition) is 3. The smallest absolute Gasteiger partial charge is 0.232 e. The molecule has 0 amide bonds. The predicted molar refractivity (Wildman–Crippen MR) is 61.3 cm³/mol. The highest BCUT2D eigenvalue weighted by Gasteiger charge is 2.27. The largest absolute Gasteiger partial charge is 0.284 e. The minimum atomic E-state index is -3.26. The maximum absolute atomic E-state index is 11.7. The Morgan fingerprint density at radius 3 is 2.81 bits per heavy atom. The van der Waals surface area contributed by atoms with Gasteiger partial charge in [-0.25, -0.2) is 8.42 Å². The van der Waals surface area contributed by atoms with Gasteiger partial charge in [-0.3, -0.25) is 4.72 Å². The van der Waals surface area contributed by atoms with Crippen LogP contribution in [0.1, 0.15) is 18.4 Å². The first-order valence-electron chi connectivity index (χ1n) is 5.10. The Hall–Kier alpha value is -1.54. The predicted octanol–water partition coefficient (Wildman–Crippen LogP) is 1.71. The van der Waals surface area contributed by atoms with Crippen LogP contribution >= 0.6 is 0 Å². The highest BCUT2D eigenvalue weighted by molar-refractivity contribution is 7.92. The fourth-order valence-electron chi connectivity index (χ4n) is 1.47. The third-order valence-corrected chi connectivity index (χ3v) is 3.87. The Morgan fingerprint density at radius 1 is 1.44 bits per heavy atom. The number of benzene rings is 1. The third-order valence-electron chi connectivity index (χ3n) is 2.42. The molecule has 1 aliphatic carbocycles. The van der Waals surface area contributed by atoms with Crippen molar-refractivity contribution in [2.24, 2.45) is 5.92 Å². The van der Waals surface area contributed by atoms with Gasteiger partial charge in [0, 0.05) is 5.69 Å². The molecule has 5 heteroatoms. The van der Waals surface area contributed by atoms with Gasteiger partial charge in [0.1, 0.15) is 0 Å². The van der Waals surface area contributed by atoms with Crippen molar-refractivity contribution in [2.45, 2.75) is 12.8 Å². The second kappa shape index (κ2) is 4.14. The summed E-state index contributed by atoms with van der Waals surface area (Å²) in [4.78, 5) is 0. The summed E-state index contributed by atoms with van der Waals surface area (Å²) >= 11 is 0. The first-order chi connectivity index (χ1) is 7.59. The molecule has 1 aromatic carbocycles. The molecule has 1 saturated carbocycles. The fraction of sp³-hybridized carbons (Fsp3) is 0.364. The van der Waals surface area contributed by atoms with E-state index in [-0.39, 0.29) is 5.75 Å². The average Bonchev–Trinajstić information content (AvgIpc) is 3.00. The fourth-order valence-corrected chi connectivity index (χ4v) is 2.99. The zero-order chi connectivity index (χ0) is 11.6. The van der Waals surface area contributed by atoms with Gasteiger partial charge in [-0.15, -0.1) is 0 Å². The molecule has 1 N–H and O–H groups in total. The molecule has 0 aliphatic heterocycles. The molecule has 0 atom stereocenters. The number of nitrogens with zero attached hydrogens (tertiary/aromatic N) is 1. The van der Waals surface area contributed by atoms with Crippen LogP contribution in [-0.2, 0) is 10.0 Å². The quantitative estimate of drug-likeness (QED) is 0.865. The summed E-state index contributed by atoms with van der Waals surface area (Å²) in [6.07, 6.45) is 2.00. The number of nitrogens with one attached hydrogen (secondary N) is 1. The summed E-state index contributed by atoms with van der Waals surface area (Å²) in [5.41, 5.74) is 0.909. The van der Waals surface area contributed by atoms with E-state index in [4.69, 9.17) is 5.26 Å². The zero-order valence-corrected chi connectivity index (χ0v) is 9.50. The van der Waals surface area contributed by atoms with Crippen LogP contribution in [0.15, 0.2) is 24.3 Å². The van der Waals surface area contributed by atoms with Gasteiger partial charge in [-0.05, 0) is 37.0 Å². The SMILES string of the molecule is N#Cc1cccc(NS(=O)(=O)CC2CC2)c1. The van der Waals surface area contributed by atoms with Gasteiger partial charge in [0.15, 0.2) is 0 Å². The molecule has 4 nitrogen and oxygen atoms in total. The van der Waals surface area contributed by atoms with Crippen LogP contribution in [0.5, 0.6) is 0 Å². The lowest BCUT2D eigenvalue weighted by Gasteiger charge is -2.07. The first kappa shape index (κ1) is 11.0. The van der Waals surface area contributed by atoms with Gasteiger partial charge < -0.3 is 0 Å². The summed E-state index contributed by atoms with van der Waals surface area (Å²) in [6.45, 7) is 0. The summed E-state index contributed by atoms with van der Waals surface area (Å²) in [7, 11) is -3.26. The highest BCUT2D eigenvalue weighted by Crippen LogP contribution is 2.30. The molecule has 0 aromatic heterocycles. The van der Waals surface area contributed by atoms with Crippen molar-refractivity contribution in [1.82, 2.24) is 0 Å². The molecule has 2 rings (SSSR count). The van der Waals surface area contributed by atoms with Crippen LogP contribution in [-0.4, -0.2) is 14.2 Å². The number of nitriles is 1. The lowest BCUT2D eigenvalue weighted by Crippen LogP contribution is -2.17. The molecular formula is C11H12N2O2S. The summed E-state index contributed by atoms with van der Waals surface area (Å²) in [5.74, 6) is 0.501. The van der Waals surface area contributed by atoms with E-state index in [1.54, 1.807) is 18.2 Å². The maximum Gasteiger partial charge on any atom is 0.232 e. The topological polar surface area (TPSA) is 70.0 Å². The third kappa shape index (κ3) is 2.97. The molecular weight excluding hydrogens is 224 g/mol. The van der Waals surface area contributed by atoms with E-state index < -0.39 is 10.0 Å². The number of sulfonamides is 1. The molecule has 1 fully saturated rings. The normalized spacial score (nSPS) is 15.4. The second-order valence-electron chi connectivity index (χ2n) is 4.02. The summed E-state index contributed by atoms with van der Waals surface area (Å²) in [6, 6.07) is 8.45. The Morgan fingerprint density at radius 2 is 2.19 bits per heavy atom. The van der Waals surface area contributed by atoms with E-state index in [1.165, 1.54) is 6.07 Å². The molecule has 0 saturated heterocycles. The van der Waals surface area contributed by atoms with Crippen LogP contribution in [0.3, 0.4) is 0 Å². The summed E-state index contributed by atoms with van der Waals surface area (Å²) < 4.78 is 25.8. The minimum Gasteiger partial charge on any atom is -0.284 e. The van der Waals surface area contributed by atoms with Crippen molar-refractivity contribution in [1.29, 1.82) is 5.26 Å². The number of hydrogen-bond donors (Lipinski definition) is 1.